The van der Waals surface area contributed by atoms with Crippen LogP contribution < -0.4 is 10.1 Å². The Balaban J connectivity index is 1.78. The predicted molar refractivity (Wildman–Crippen MR) is 100 cm³/mol. The minimum Gasteiger partial charge on any atom is -0.493 e. The number of ether oxygens (including phenoxy) is 1. The maximum atomic E-state index is 11.9. The van der Waals surface area contributed by atoms with E-state index in [0.717, 1.165) is 24.2 Å². The van der Waals surface area contributed by atoms with Crippen molar-refractivity contribution >= 4 is 26.6 Å². The van der Waals surface area contributed by atoms with Crippen LogP contribution in [-0.2, 0) is 9.84 Å². The highest BCUT2D eigenvalue weighted by Crippen LogP contribution is 2.34. The van der Waals surface area contributed by atoms with E-state index in [1.54, 1.807) is 18.2 Å². The molecule has 1 atom stereocenters. The number of rotatable bonds is 3. The molecule has 4 rings (SSSR count). The van der Waals surface area contributed by atoms with E-state index in [0.29, 0.717) is 23.3 Å². The molecule has 1 aliphatic heterocycles. The summed E-state index contributed by atoms with van der Waals surface area (Å²) in [6, 6.07) is 12.9. The summed E-state index contributed by atoms with van der Waals surface area (Å²) in [5.74, 6) is 1.50. The summed E-state index contributed by atoms with van der Waals surface area (Å²) in [6.07, 6.45) is 4.51. The first-order chi connectivity index (χ1) is 12.5. The molecule has 2 aromatic carbocycles. The van der Waals surface area contributed by atoms with Gasteiger partial charge in [-0.05, 0) is 37.1 Å². The largest absolute Gasteiger partial charge is 0.493 e. The average Bonchev–Trinajstić information content (AvgIpc) is 2.83. The number of sulfone groups is 1. The lowest BCUT2D eigenvalue weighted by Crippen LogP contribution is -2.12. The Hall–Kier alpha value is -2.67. The third-order valence-electron chi connectivity index (χ3n) is 4.54. The highest BCUT2D eigenvalue weighted by atomic mass is 32.2. The molecule has 6 nitrogen and oxygen atoms in total. The molecule has 0 radical (unpaired) electrons. The minimum absolute atomic E-state index is 0.0358. The van der Waals surface area contributed by atoms with E-state index in [9.17, 15) is 8.42 Å². The van der Waals surface area contributed by atoms with Crippen LogP contribution in [0.2, 0.25) is 0 Å². The molecular formula is C19H19N3O3S. The number of aromatic nitrogens is 2. The van der Waals surface area contributed by atoms with E-state index in [1.165, 1.54) is 12.6 Å². The van der Waals surface area contributed by atoms with Gasteiger partial charge in [-0.1, -0.05) is 18.2 Å². The van der Waals surface area contributed by atoms with Crippen LogP contribution in [0.4, 0.5) is 5.82 Å². The van der Waals surface area contributed by atoms with E-state index in [1.807, 2.05) is 24.3 Å². The first kappa shape index (κ1) is 16.8. The summed E-state index contributed by atoms with van der Waals surface area (Å²) >= 11 is 0. The van der Waals surface area contributed by atoms with Gasteiger partial charge in [-0.15, -0.1) is 0 Å². The monoisotopic (exact) mass is 369 g/mol. The number of anilines is 1. The second-order valence-electron chi connectivity index (χ2n) is 6.40. The maximum absolute atomic E-state index is 11.9. The highest BCUT2D eigenvalue weighted by molar-refractivity contribution is 7.90. The molecule has 134 valence electrons. The lowest BCUT2D eigenvalue weighted by Gasteiger charge is -2.20. The van der Waals surface area contributed by atoms with E-state index in [2.05, 4.69) is 15.3 Å². The standard InChI is InChI=1S/C19H19N3O3S/c1-26(23,24)13-8-9-16-15(11-13)19(21-12-20-16)22-17-6-4-10-25-18-7-3-2-5-14(17)18/h2-3,5,7-9,11-12,17H,4,6,10H2,1H3,(H,20,21,22). The van der Waals surface area contributed by atoms with Crippen LogP contribution in [0.15, 0.2) is 53.7 Å². The molecular weight excluding hydrogens is 350 g/mol. The molecule has 3 aromatic rings. The summed E-state index contributed by atoms with van der Waals surface area (Å²) < 4.78 is 29.6. The molecule has 0 saturated carbocycles. The maximum Gasteiger partial charge on any atom is 0.175 e. The van der Waals surface area contributed by atoms with Crippen molar-refractivity contribution in [2.75, 3.05) is 18.2 Å². The van der Waals surface area contributed by atoms with Crippen molar-refractivity contribution in [1.82, 2.24) is 9.97 Å². The van der Waals surface area contributed by atoms with Crippen molar-refractivity contribution in [1.29, 1.82) is 0 Å². The molecule has 26 heavy (non-hydrogen) atoms. The van der Waals surface area contributed by atoms with Gasteiger partial charge in [-0.3, -0.25) is 0 Å². The number of nitrogens with zero attached hydrogens (tertiary/aromatic N) is 2. The van der Waals surface area contributed by atoms with Gasteiger partial charge >= 0.3 is 0 Å². The summed E-state index contributed by atoms with van der Waals surface area (Å²) in [4.78, 5) is 8.88. The van der Waals surface area contributed by atoms with Crippen molar-refractivity contribution < 1.29 is 13.2 Å². The zero-order valence-electron chi connectivity index (χ0n) is 14.3. The SMILES string of the molecule is CS(=O)(=O)c1ccc2ncnc(NC3CCCOc4ccccc43)c2c1. The van der Waals surface area contributed by atoms with Crippen LogP contribution in [0.3, 0.4) is 0 Å². The fourth-order valence-corrected chi connectivity index (χ4v) is 3.87. The molecule has 0 aliphatic carbocycles. The fourth-order valence-electron chi connectivity index (χ4n) is 3.22. The van der Waals surface area contributed by atoms with Gasteiger partial charge in [0.2, 0.25) is 0 Å². The second kappa shape index (κ2) is 6.57. The van der Waals surface area contributed by atoms with Crippen molar-refractivity contribution in [2.24, 2.45) is 0 Å². The van der Waals surface area contributed by atoms with Crippen molar-refractivity contribution in [3.63, 3.8) is 0 Å². The van der Waals surface area contributed by atoms with Gasteiger partial charge in [0, 0.05) is 17.2 Å². The van der Waals surface area contributed by atoms with Crippen molar-refractivity contribution in [2.45, 2.75) is 23.8 Å². The summed E-state index contributed by atoms with van der Waals surface area (Å²) in [5.41, 5.74) is 1.78. The molecule has 1 aromatic heterocycles. The molecule has 0 spiro atoms. The third-order valence-corrected chi connectivity index (χ3v) is 5.65. The van der Waals surface area contributed by atoms with Crippen LogP contribution in [0, 0.1) is 0 Å². The molecule has 0 fully saturated rings. The Morgan fingerprint density at radius 1 is 1.15 bits per heavy atom. The van der Waals surface area contributed by atoms with Crippen LogP contribution in [-0.4, -0.2) is 31.2 Å². The van der Waals surface area contributed by atoms with Gasteiger partial charge in [0.15, 0.2) is 9.84 Å². The molecule has 0 bridgehead atoms. The van der Waals surface area contributed by atoms with Crippen molar-refractivity contribution in [3.8, 4) is 5.75 Å². The van der Waals surface area contributed by atoms with Crippen LogP contribution in [0.25, 0.3) is 10.9 Å². The van der Waals surface area contributed by atoms with E-state index in [-0.39, 0.29) is 10.9 Å². The van der Waals surface area contributed by atoms with Gasteiger partial charge < -0.3 is 10.1 Å². The minimum atomic E-state index is -3.30. The second-order valence-corrected chi connectivity index (χ2v) is 8.41. The number of fused-ring (bicyclic) bond motifs is 2. The van der Waals surface area contributed by atoms with Crippen molar-refractivity contribution in [3.05, 3.63) is 54.4 Å². The van der Waals surface area contributed by atoms with E-state index >= 15 is 0 Å². The Kier molecular flexibility index (Phi) is 4.24. The van der Waals surface area contributed by atoms with E-state index in [4.69, 9.17) is 4.74 Å². The van der Waals surface area contributed by atoms with Gasteiger partial charge in [0.05, 0.1) is 23.1 Å². The Labute approximate surface area is 152 Å². The Morgan fingerprint density at radius 2 is 2.00 bits per heavy atom. The van der Waals surface area contributed by atoms with Gasteiger partial charge in [-0.25, -0.2) is 18.4 Å². The predicted octanol–water partition coefficient (Wildman–Crippen LogP) is 3.36. The highest BCUT2D eigenvalue weighted by Gasteiger charge is 2.21. The Morgan fingerprint density at radius 3 is 2.85 bits per heavy atom. The molecule has 0 saturated heterocycles. The smallest absolute Gasteiger partial charge is 0.175 e. The number of hydrogen-bond donors (Lipinski definition) is 1. The molecule has 7 heteroatoms. The first-order valence-electron chi connectivity index (χ1n) is 8.45. The molecule has 2 heterocycles. The normalized spacial score (nSPS) is 17.2. The summed E-state index contributed by atoms with van der Waals surface area (Å²) in [7, 11) is -3.30. The molecule has 0 amide bonds. The van der Waals surface area contributed by atoms with Crippen LogP contribution in [0.5, 0.6) is 5.75 Å². The van der Waals surface area contributed by atoms with Gasteiger partial charge in [0.1, 0.15) is 17.9 Å². The molecule has 1 unspecified atom stereocenters. The lowest BCUT2D eigenvalue weighted by atomic mass is 10.0. The number of para-hydroxylation sites is 1. The summed E-state index contributed by atoms with van der Waals surface area (Å²) in [6.45, 7) is 0.679. The number of hydrogen-bond acceptors (Lipinski definition) is 6. The van der Waals surface area contributed by atoms with E-state index < -0.39 is 9.84 Å². The van der Waals surface area contributed by atoms with Gasteiger partial charge in [-0.2, -0.15) is 0 Å². The zero-order valence-corrected chi connectivity index (χ0v) is 15.2. The quantitative estimate of drug-likeness (QED) is 0.762. The fraction of sp³-hybridized carbons (Fsp3) is 0.263. The third kappa shape index (κ3) is 3.22. The summed E-state index contributed by atoms with van der Waals surface area (Å²) in [5, 5.41) is 4.17. The number of benzene rings is 2. The molecule has 1 N–H and O–H groups in total. The van der Waals surface area contributed by atoms with Gasteiger partial charge in [0.25, 0.3) is 0 Å². The topological polar surface area (TPSA) is 81.2 Å². The Bertz CT molecular complexity index is 1070. The molecule has 1 aliphatic rings. The van der Waals surface area contributed by atoms with Crippen LogP contribution in [0.1, 0.15) is 24.4 Å². The first-order valence-corrected chi connectivity index (χ1v) is 10.3. The lowest BCUT2D eigenvalue weighted by molar-refractivity contribution is 0.316. The zero-order chi connectivity index (χ0) is 18.1. The number of nitrogens with one attached hydrogen (secondary N) is 1. The average molecular weight is 369 g/mol. The van der Waals surface area contributed by atoms with Crippen LogP contribution >= 0.6 is 0 Å².